The average molecular weight is 226 g/mol. The molecule has 4 nitrogen and oxygen atoms in total. The Bertz CT molecular complexity index is 352. The zero-order chi connectivity index (χ0) is 10.9. The number of carbonyl (C=O) groups is 1. The van der Waals surface area contributed by atoms with E-state index in [4.69, 9.17) is 10.5 Å². The van der Waals surface area contributed by atoms with Gasteiger partial charge in [-0.2, -0.15) is 11.3 Å². The summed E-state index contributed by atoms with van der Waals surface area (Å²) in [4.78, 5) is 12.0. The molecule has 3 N–H and O–H groups in total. The van der Waals surface area contributed by atoms with Crippen LogP contribution in [0.5, 0.6) is 0 Å². The van der Waals surface area contributed by atoms with Gasteiger partial charge in [-0.05, 0) is 18.4 Å². The van der Waals surface area contributed by atoms with Crippen LogP contribution in [0.15, 0.2) is 16.8 Å². The fourth-order valence-corrected chi connectivity index (χ4v) is 2.12. The molecule has 2 heterocycles. The van der Waals surface area contributed by atoms with Gasteiger partial charge >= 0.3 is 0 Å². The van der Waals surface area contributed by atoms with Crippen molar-refractivity contribution in [1.82, 2.24) is 0 Å². The zero-order valence-electron chi connectivity index (χ0n) is 8.53. The number of carbonyl (C=O) groups excluding carboxylic acids is 1. The molecule has 2 atom stereocenters. The molecule has 0 bridgehead atoms. The minimum absolute atomic E-state index is 0.0640. The van der Waals surface area contributed by atoms with Crippen LogP contribution in [0.3, 0.4) is 0 Å². The summed E-state index contributed by atoms with van der Waals surface area (Å²) < 4.78 is 5.23. The van der Waals surface area contributed by atoms with Crippen LogP contribution in [-0.4, -0.2) is 25.2 Å². The molecule has 0 saturated carbocycles. The van der Waals surface area contributed by atoms with Crippen molar-refractivity contribution in [3.05, 3.63) is 16.8 Å². The molecule has 1 fully saturated rings. The topological polar surface area (TPSA) is 64.3 Å². The normalized spacial score (nSPS) is 30.4. The number of rotatable bonds is 2. The first kappa shape index (κ1) is 10.6. The first-order valence-corrected chi connectivity index (χ1v) is 5.74. The summed E-state index contributed by atoms with van der Waals surface area (Å²) in [6, 6.07) is 1.64. The Hall–Kier alpha value is -0.910. The lowest BCUT2D eigenvalue weighted by atomic mass is 9.85. The highest BCUT2D eigenvalue weighted by molar-refractivity contribution is 7.08. The molecule has 1 aromatic rings. The lowest BCUT2D eigenvalue weighted by molar-refractivity contribution is -0.125. The molecule has 1 aromatic heterocycles. The minimum atomic E-state index is -0.609. The smallest absolute Gasteiger partial charge is 0.234 e. The SMILES string of the molecule is CC1(C(=O)Nc2ccsc2)COCC1N. The van der Waals surface area contributed by atoms with Crippen molar-refractivity contribution >= 4 is 22.9 Å². The molecule has 82 valence electrons. The first-order chi connectivity index (χ1) is 7.13. The molecular formula is C10H14N2O2S. The van der Waals surface area contributed by atoms with Crippen LogP contribution in [0, 0.1) is 5.41 Å². The molecule has 1 aliphatic heterocycles. The van der Waals surface area contributed by atoms with Crippen molar-refractivity contribution in [2.24, 2.45) is 11.1 Å². The second-order valence-electron chi connectivity index (χ2n) is 4.01. The highest BCUT2D eigenvalue weighted by atomic mass is 32.1. The second-order valence-corrected chi connectivity index (χ2v) is 4.79. The highest BCUT2D eigenvalue weighted by Crippen LogP contribution is 2.28. The van der Waals surface area contributed by atoms with Crippen LogP contribution in [0.4, 0.5) is 5.69 Å². The standard InChI is InChI=1S/C10H14N2O2S/c1-10(6-14-4-8(10)11)9(13)12-7-2-3-15-5-7/h2-3,5,8H,4,6,11H2,1H3,(H,12,13). The van der Waals surface area contributed by atoms with E-state index in [1.54, 1.807) is 11.3 Å². The summed E-state index contributed by atoms with van der Waals surface area (Å²) in [6.07, 6.45) is 0. The average Bonchev–Trinajstić information content (AvgIpc) is 2.79. The van der Waals surface area contributed by atoms with Crippen molar-refractivity contribution in [1.29, 1.82) is 0 Å². The van der Waals surface area contributed by atoms with Crippen LogP contribution in [-0.2, 0) is 9.53 Å². The van der Waals surface area contributed by atoms with Crippen LogP contribution in [0.25, 0.3) is 0 Å². The van der Waals surface area contributed by atoms with Gasteiger partial charge in [0.05, 0.1) is 24.3 Å². The first-order valence-electron chi connectivity index (χ1n) is 4.80. The van der Waals surface area contributed by atoms with Gasteiger partial charge in [0.15, 0.2) is 0 Å². The Labute approximate surface area is 92.4 Å². The predicted octanol–water partition coefficient (Wildman–Crippen LogP) is 1.05. The predicted molar refractivity (Wildman–Crippen MR) is 59.9 cm³/mol. The lowest BCUT2D eigenvalue weighted by Crippen LogP contribution is -2.47. The Morgan fingerprint density at radius 1 is 1.80 bits per heavy atom. The lowest BCUT2D eigenvalue weighted by Gasteiger charge is -2.24. The van der Waals surface area contributed by atoms with Crippen molar-refractivity contribution in [2.45, 2.75) is 13.0 Å². The van der Waals surface area contributed by atoms with E-state index < -0.39 is 5.41 Å². The molecule has 1 amide bonds. The largest absolute Gasteiger partial charge is 0.379 e. The van der Waals surface area contributed by atoms with Gasteiger partial charge in [-0.1, -0.05) is 0 Å². The monoisotopic (exact) mass is 226 g/mol. The van der Waals surface area contributed by atoms with Gasteiger partial charge in [-0.25, -0.2) is 0 Å². The molecular weight excluding hydrogens is 212 g/mol. The number of nitrogens with one attached hydrogen (secondary N) is 1. The summed E-state index contributed by atoms with van der Waals surface area (Å²) in [6.45, 7) is 2.68. The molecule has 2 unspecified atom stereocenters. The van der Waals surface area contributed by atoms with Crippen molar-refractivity contribution < 1.29 is 9.53 Å². The quantitative estimate of drug-likeness (QED) is 0.792. The van der Waals surface area contributed by atoms with Crippen LogP contribution in [0.1, 0.15) is 6.92 Å². The third kappa shape index (κ3) is 1.90. The third-order valence-corrected chi connectivity index (χ3v) is 3.50. The van der Waals surface area contributed by atoms with Gasteiger partial charge in [0, 0.05) is 11.4 Å². The molecule has 0 spiro atoms. The number of ether oxygens (including phenoxy) is 1. The van der Waals surface area contributed by atoms with Crippen molar-refractivity contribution in [2.75, 3.05) is 18.5 Å². The molecule has 0 aromatic carbocycles. The highest BCUT2D eigenvalue weighted by Gasteiger charge is 2.44. The van der Waals surface area contributed by atoms with Gasteiger partial charge in [0.1, 0.15) is 0 Å². The molecule has 15 heavy (non-hydrogen) atoms. The Morgan fingerprint density at radius 2 is 2.60 bits per heavy atom. The summed E-state index contributed by atoms with van der Waals surface area (Å²) in [5, 5.41) is 6.66. The van der Waals surface area contributed by atoms with Gasteiger partial charge in [-0.15, -0.1) is 0 Å². The number of anilines is 1. The van der Waals surface area contributed by atoms with E-state index in [9.17, 15) is 4.79 Å². The molecule has 0 radical (unpaired) electrons. The van der Waals surface area contributed by atoms with E-state index in [-0.39, 0.29) is 11.9 Å². The number of amides is 1. The number of hydrogen-bond acceptors (Lipinski definition) is 4. The summed E-state index contributed by atoms with van der Waals surface area (Å²) in [7, 11) is 0. The third-order valence-electron chi connectivity index (χ3n) is 2.82. The Morgan fingerprint density at radius 3 is 3.13 bits per heavy atom. The van der Waals surface area contributed by atoms with Gasteiger partial charge in [-0.3, -0.25) is 4.79 Å². The molecule has 5 heteroatoms. The number of nitrogens with two attached hydrogens (primary N) is 1. The fraction of sp³-hybridized carbons (Fsp3) is 0.500. The van der Waals surface area contributed by atoms with Crippen molar-refractivity contribution in [3.8, 4) is 0 Å². The summed E-state index contributed by atoms with van der Waals surface area (Å²) in [5.41, 5.74) is 6.08. The maximum atomic E-state index is 12.0. The number of hydrogen-bond donors (Lipinski definition) is 2. The molecule has 1 saturated heterocycles. The second kappa shape index (κ2) is 3.92. The van der Waals surface area contributed by atoms with Gasteiger partial charge in [0.2, 0.25) is 5.91 Å². The van der Waals surface area contributed by atoms with E-state index in [1.807, 2.05) is 23.8 Å². The van der Waals surface area contributed by atoms with Crippen molar-refractivity contribution in [3.63, 3.8) is 0 Å². The van der Waals surface area contributed by atoms with Gasteiger partial charge < -0.3 is 15.8 Å². The molecule has 2 rings (SSSR count). The number of thiophene rings is 1. The van der Waals surface area contributed by atoms with Crippen LogP contribution < -0.4 is 11.1 Å². The zero-order valence-corrected chi connectivity index (χ0v) is 9.34. The van der Waals surface area contributed by atoms with Crippen LogP contribution in [0.2, 0.25) is 0 Å². The maximum Gasteiger partial charge on any atom is 0.234 e. The van der Waals surface area contributed by atoms with E-state index in [2.05, 4.69) is 5.32 Å². The Kier molecular flexibility index (Phi) is 2.77. The van der Waals surface area contributed by atoms with Gasteiger partial charge in [0.25, 0.3) is 0 Å². The van der Waals surface area contributed by atoms with E-state index >= 15 is 0 Å². The molecule has 1 aliphatic rings. The van der Waals surface area contributed by atoms with E-state index in [1.165, 1.54) is 0 Å². The summed E-state index contributed by atoms with van der Waals surface area (Å²) >= 11 is 1.55. The summed E-state index contributed by atoms with van der Waals surface area (Å²) in [5.74, 6) is -0.0640. The minimum Gasteiger partial charge on any atom is -0.379 e. The van der Waals surface area contributed by atoms with E-state index in [0.717, 1.165) is 5.69 Å². The maximum absolute atomic E-state index is 12.0. The van der Waals surface area contributed by atoms with E-state index in [0.29, 0.717) is 13.2 Å². The Balaban J connectivity index is 2.07. The van der Waals surface area contributed by atoms with Crippen LogP contribution >= 0.6 is 11.3 Å². The fourth-order valence-electron chi connectivity index (χ4n) is 1.53. The molecule has 0 aliphatic carbocycles.